The van der Waals surface area contributed by atoms with Crippen molar-refractivity contribution in [3.8, 4) is 11.5 Å². The number of amides is 1. The molecule has 5 heterocycles. The van der Waals surface area contributed by atoms with Gasteiger partial charge < -0.3 is 67.4 Å². The van der Waals surface area contributed by atoms with Gasteiger partial charge in [0.1, 0.15) is 29.3 Å². The highest BCUT2D eigenvalue weighted by molar-refractivity contribution is 8.00. The molecule has 5 fully saturated rings. The predicted molar refractivity (Wildman–Crippen MR) is 305 cm³/mol. The summed E-state index contributed by atoms with van der Waals surface area (Å²) in [4.78, 5) is 67.7. The van der Waals surface area contributed by atoms with Gasteiger partial charge >= 0.3 is 11.9 Å². The summed E-state index contributed by atoms with van der Waals surface area (Å²) < 4.78 is 64.3. The molecule has 0 radical (unpaired) electrons. The van der Waals surface area contributed by atoms with E-state index in [-0.39, 0.29) is 66.2 Å². The number of carbonyl (C=O) groups excluding carboxylic acids is 4. The maximum atomic E-state index is 15.5. The number of aromatic nitrogens is 1. The number of rotatable bonds is 17. The second-order valence-corrected chi connectivity index (χ2v) is 25.7. The number of halogens is 1. The predicted octanol–water partition coefficient (Wildman–Crippen LogP) is 8.09. The molecular formula is C60H90ClN3O16S. The van der Waals surface area contributed by atoms with E-state index in [0.29, 0.717) is 23.6 Å². The number of hydrogen-bond donors (Lipinski definition) is 2. The van der Waals surface area contributed by atoms with Crippen LogP contribution in [0.4, 0.5) is 5.69 Å². The Morgan fingerprint density at radius 2 is 1.58 bits per heavy atom. The van der Waals surface area contributed by atoms with Crippen LogP contribution in [0.3, 0.4) is 0 Å². The van der Waals surface area contributed by atoms with Crippen LogP contribution in [-0.4, -0.2) is 181 Å². The highest BCUT2D eigenvalue weighted by Crippen LogP contribution is 2.50. The second-order valence-electron chi connectivity index (χ2n) is 24.1. The number of methoxy groups -OCH3 is 3. The van der Waals surface area contributed by atoms with Crippen molar-refractivity contribution < 1.29 is 76.8 Å². The van der Waals surface area contributed by atoms with Crippen molar-refractivity contribution in [1.29, 1.82) is 0 Å². The first kappa shape index (κ1) is 64.9. The van der Waals surface area contributed by atoms with E-state index in [4.69, 9.17) is 59.0 Å². The monoisotopic (exact) mass is 1180 g/mol. The number of esters is 2. The normalized spacial score (nSPS) is 38.2. The average Bonchev–Trinajstić information content (AvgIpc) is 4.10. The van der Waals surface area contributed by atoms with Gasteiger partial charge in [-0.15, -0.1) is 11.8 Å². The molecule has 1 aliphatic carbocycles. The second kappa shape index (κ2) is 27.1. The number of Topliss-reactive ketones (excluding diaryl/α,β-unsaturated/α-hetero) is 1. The molecule has 7 rings (SSSR count). The lowest BCUT2D eigenvalue weighted by Gasteiger charge is -2.50. The van der Waals surface area contributed by atoms with Crippen molar-refractivity contribution in [3.63, 3.8) is 0 Å². The molecule has 5 aliphatic rings. The Kier molecular flexibility index (Phi) is 21.7. The molecule has 81 heavy (non-hydrogen) atoms. The van der Waals surface area contributed by atoms with Crippen LogP contribution < -0.4 is 14.4 Å². The number of carbonyl (C=O) groups is 4. The number of aliphatic hydroxyl groups excluding tert-OH is 2. The van der Waals surface area contributed by atoms with Crippen LogP contribution in [0.5, 0.6) is 11.5 Å². The minimum absolute atomic E-state index is 0.00160. The Bertz CT molecular complexity index is 2490. The highest BCUT2D eigenvalue weighted by atomic mass is 35.5. The summed E-state index contributed by atoms with van der Waals surface area (Å²) in [6, 6.07) is 6.54. The zero-order valence-electron chi connectivity index (χ0n) is 50.1. The summed E-state index contributed by atoms with van der Waals surface area (Å²) in [7, 11) is 8.38. The van der Waals surface area contributed by atoms with E-state index < -0.39 is 119 Å². The molecular weight excluding hydrogens is 1090 g/mol. The van der Waals surface area contributed by atoms with E-state index in [1.165, 1.54) is 38.4 Å². The van der Waals surface area contributed by atoms with E-state index in [1.54, 1.807) is 70.9 Å². The van der Waals surface area contributed by atoms with Gasteiger partial charge in [-0.1, -0.05) is 39.3 Å². The van der Waals surface area contributed by atoms with Gasteiger partial charge in [0, 0.05) is 86.8 Å². The van der Waals surface area contributed by atoms with Crippen molar-refractivity contribution in [2.24, 2.45) is 29.6 Å². The molecule has 1 aromatic carbocycles. The molecule has 4 aliphatic heterocycles. The van der Waals surface area contributed by atoms with Gasteiger partial charge in [-0.3, -0.25) is 24.2 Å². The molecule has 454 valence electrons. The zero-order valence-corrected chi connectivity index (χ0v) is 51.7. The van der Waals surface area contributed by atoms with Gasteiger partial charge in [-0.2, -0.15) is 0 Å². The quantitative estimate of drug-likeness (QED) is 0.143. The molecule has 1 amide bonds. The lowest BCUT2D eigenvalue weighted by atomic mass is 9.70. The van der Waals surface area contributed by atoms with Crippen LogP contribution in [0.1, 0.15) is 131 Å². The maximum Gasteiger partial charge on any atom is 0.320 e. The minimum atomic E-state index is -1.52. The standard InChI is InChI=1S/C60H90ClN3O16S/c1-16-45-60(10)47(51(56(70)80-60)81-26-25-64(54(68)40-23-24-62-31-41(40)61)38-21-22-43(71-13)44(28-38)76-39-19-17-18-20-39)34(4)48(65)32(2)29-59(9,73-15)53(79-57-49(66)42(63(11)12)27-33(3)74-57)35(5)50(36(6)55(69)77-45)78-46-30-58(8,72-14)52(67)37(7)75-46/h21-24,28,31-37,39,42,45-47,49-53,57,66-67H,16-20,25-27,29-30H2,1-15H3/t32-,33-,34-,35+,36-,37+,42+,45-,46+,47+,49-,50+,51+,52+,53-,57+,58-,59-,60-/m1/s1. The van der Waals surface area contributed by atoms with Crippen molar-refractivity contribution in [2.75, 3.05) is 52.6 Å². The molecule has 19 nitrogen and oxygen atoms in total. The first-order valence-corrected chi connectivity index (χ1v) is 30.3. The number of cyclic esters (lactones) is 1. The van der Waals surface area contributed by atoms with Crippen LogP contribution in [0.25, 0.3) is 0 Å². The average molecular weight is 1180 g/mol. The fraction of sp³-hybridized carbons (Fsp3) is 0.750. The molecule has 19 atom stereocenters. The van der Waals surface area contributed by atoms with Crippen molar-refractivity contribution in [2.45, 2.75) is 210 Å². The summed E-state index contributed by atoms with van der Waals surface area (Å²) >= 11 is 7.88. The molecule has 21 heteroatoms. The Morgan fingerprint density at radius 1 is 0.889 bits per heavy atom. The van der Waals surface area contributed by atoms with E-state index in [1.807, 2.05) is 53.6 Å². The van der Waals surface area contributed by atoms with E-state index in [0.717, 1.165) is 25.7 Å². The van der Waals surface area contributed by atoms with Gasteiger partial charge in [0.25, 0.3) is 5.91 Å². The van der Waals surface area contributed by atoms with Crippen molar-refractivity contribution in [3.05, 3.63) is 47.2 Å². The number of aliphatic hydroxyl groups is 2. The van der Waals surface area contributed by atoms with Gasteiger partial charge in [0.05, 0.1) is 65.3 Å². The molecule has 0 spiro atoms. The van der Waals surface area contributed by atoms with Crippen LogP contribution in [0, 0.1) is 29.6 Å². The number of benzene rings is 1. The Balaban J connectivity index is 1.27. The van der Waals surface area contributed by atoms with E-state index in [9.17, 15) is 19.8 Å². The zero-order chi connectivity index (χ0) is 59.5. The van der Waals surface area contributed by atoms with E-state index >= 15 is 9.59 Å². The number of likely N-dealkylation sites (N-methyl/N-ethyl adjacent to an activating group) is 1. The third-order valence-electron chi connectivity index (χ3n) is 18.2. The Hall–Kier alpha value is -3.67. The summed E-state index contributed by atoms with van der Waals surface area (Å²) in [5.74, 6) is -4.96. The highest BCUT2D eigenvalue weighted by Gasteiger charge is 2.62. The van der Waals surface area contributed by atoms with Crippen LogP contribution in [-0.2, 0) is 52.3 Å². The van der Waals surface area contributed by atoms with Gasteiger partial charge in [-0.25, -0.2) is 0 Å². The first-order chi connectivity index (χ1) is 38.3. The number of ketones is 1. The molecule has 0 unspecified atom stereocenters. The van der Waals surface area contributed by atoms with Crippen LogP contribution in [0.15, 0.2) is 36.7 Å². The van der Waals surface area contributed by atoms with Crippen LogP contribution in [0.2, 0.25) is 5.02 Å². The maximum absolute atomic E-state index is 15.5. The number of hydrogen-bond acceptors (Lipinski definition) is 19. The van der Waals surface area contributed by atoms with Crippen molar-refractivity contribution in [1.82, 2.24) is 9.88 Å². The molecule has 0 bridgehead atoms. The molecule has 4 saturated heterocycles. The smallest absolute Gasteiger partial charge is 0.320 e. The molecule has 2 N–H and O–H groups in total. The first-order valence-electron chi connectivity index (χ1n) is 28.9. The van der Waals surface area contributed by atoms with Gasteiger partial charge in [0.2, 0.25) is 0 Å². The van der Waals surface area contributed by atoms with E-state index in [2.05, 4.69) is 4.98 Å². The summed E-state index contributed by atoms with van der Waals surface area (Å²) in [6.45, 7) is 18.1. The Labute approximate surface area is 488 Å². The number of thioether (sulfide) groups is 1. The SMILES string of the molecule is CC[C@H]1OC(=O)[C@H](C)[C@@H](O[C@H]2C[C@@](C)(OC)[C@@H](O)[C@H](C)O2)[C@H](C)[C@@H](O[C@@H]2O[C@H](C)C[C@H](N(C)C)[C@H]2O)[C@](C)(OC)C[C@@H](C)C(=O)[C@H](C)[C@H]2[C@H](SCCN(C(=O)c3ccncc3Cl)c3ccc(OC)c(OC4CCCC4)c3)C(=O)O[C@@]21C. The minimum Gasteiger partial charge on any atom is -0.493 e. The number of anilines is 1. The van der Waals surface area contributed by atoms with Crippen molar-refractivity contribution >= 4 is 52.7 Å². The molecule has 1 aromatic heterocycles. The number of pyridine rings is 1. The number of nitrogens with zero attached hydrogens (tertiary/aromatic N) is 3. The Morgan fingerprint density at radius 3 is 2.21 bits per heavy atom. The fourth-order valence-electron chi connectivity index (χ4n) is 13.3. The molecule has 2 aromatic rings. The lowest BCUT2D eigenvalue weighted by molar-refractivity contribution is -0.319. The summed E-state index contributed by atoms with van der Waals surface area (Å²) in [5.41, 5.74) is -3.21. The summed E-state index contributed by atoms with van der Waals surface area (Å²) in [6.07, 6.45) is -0.728. The van der Waals surface area contributed by atoms with Gasteiger partial charge in [0.15, 0.2) is 29.7 Å². The largest absolute Gasteiger partial charge is 0.493 e. The lowest BCUT2D eigenvalue weighted by Crippen LogP contribution is -2.61. The van der Waals surface area contributed by atoms with Gasteiger partial charge in [-0.05, 0) is 119 Å². The topological polar surface area (TPSA) is 220 Å². The molecule has 1 saturated carbocycles. The third-order valence-corrected chi connectivity index (χ3v) is 19.7. The number of fused-ring (bicyclic) bond motifs is 1. The van der Waals surface area contributed by atoms with Crippen LogP contribution >= 0.6 is 23.4 Å². The fourth-order valence-corrected chi connectivity index (χ4v) is 15.0. The summed E-state index contributed by atoms with van der Waals surface area (Å²) in [5, 5.41) is 22.4. The third kappa shape index (κ3) is 13.9. The number of ether oxygens (including phenoxy) is 10.